The maximum absolute atomic E-state index is 11.1. The van der Waals surface area contributed by atoms with Crippen molar-refractivity contribution in [2.75, 3.05) is 6.61 Å². The summed E-state index contributed by atoms with van der Waals surface area (Å²) in [7, 11) is 0. The van der Waals surface area contributed by atoms with Crippen LogP contribution in [0.2, 0.25) is 0 Å². The van der Waals surface area contributed by atoms with E-state index in [-0.39, 0.29) is 11.6 Å². The Morgan fingerprint density at radius 3 is 3.08 bits per heavy atom. The predicted octanol–water partition coefficient (Wildman–Crippen LogP) is 0.664. The van der Waals surface area contributed by atoms with Crippen molar-refractivity contribution in [1.29, 1.82) is 0 Å². The Bertz CT molecular complexity index is 269. The Hall–Kier alpha value is -1.36. The van der Waals surface area contributed by atoms with Crippen molar-refractivity contribution in [2.45, 2.75) is 13.8 Å². The first-order valence-electron chi connectivity index (χ1n) is 3.58. The number of aromatic nitrogens is 1. The summed E-state index contributed by atoms with van der Waals surface area (Å²) in [6.07, 6.45) is 1.22. The minimum atomic E-state index is -0.386. The molecule has 0 radical (unpaired) electrons. The van der Waals surface area contributed by atoms with Gasteiger partial charge in [0.05, 0.1) is 6.61 Å². The lowest BCUT2D eigenvalue weighted by Gasteiger charge is -1.99. The van der Waals surface area contributed by atoms with Crippen LogP contribution in [0.25, 0.3) is 0 Å². The lowest BCUT2D eigenvalue weighted by molar-refractivity contribution is 0.0359. The molecule has 5 nitrogen and oxygen atoms in total. The summed E-state index contributed by atoms with van der Waals surface area (Å²) in [6.45, 7) is 3.85. The van der Waals surface area contributed by atoms with Gasteiger partial charge in [-0.2, -0.15) is 0 Å². The SMILES string of the molecule is CCONC(=O)c1ncoc1C. The van der Waals surface area contributed by atoms with Crippen molar-refractivity contribution in [3.63, 3.8) is 0 Å². The van der Waals surface area contributed by atoms with Gasteiger partial charge in [0.1, 0.15) is 5.76 Å². The molecule has 1 aromatic heterocycles. The molecular formula is C7H10N2O3. The van der Waals surface area contributed by atoms with E-state index in [0.29, 0.717) is 12.4 Å². The quantitative estimate of drug-likeness (QED) is 0.677. The molecule has 0 aliphatic heterocycles. The van der Waals surface area contributed by atoms with E-state index in [0.717, 1.165) is 0 Å². The van der Waals surface area contributed by atoms with Crippen molar-refractivity contribution < 1.29 is 14.0 Å². The van der Waals surface area contributed by atoms with Gasteiger partial charge >= 0.3 is 0 Å². The molecule has 1 rings (SSSR count). The lowest BCUT2D eigenvalue weighted by Crippen LogP contribution is -2.24. The highest BCUT2D eigenvalue weighted by Crippen LogP contribution is 2.03. The number of hydrogen-bond acceptors (Lipinski definition) is 4. The van der Waals surface area contributed by atoms with Crippen LogP contribution in [0.1, 0.15) is 23.2 Å². The molecule has 1 amide bonds. The third-order valence-corrected chi connectivity index (χ3v) is 1.27. The zero-order valence-corrected chi connectivity index (χ0v) is 6.96. The Balaban J connectivity index is 2.59. The summed E-state index contributed by atoms with van der Waals surface area (Å²) < 4.78 is 4.84. The molecule has 1 heterocycles. The summed E-state index contributed by atoms with van der Waals surface area (Å²) in [5.74, 6) is 0.0929. The first kappa shape index (κ1) is 8.73. The normalized spacial score (nSPS) is 9.83. The number of hydrogen-bond donors (Lipinski definition) is 1. The van der Waals surface area contributed by atoms with Gasteiger partial charge in [0.15, 0.2) is 12.1 Å². The monoisotopic (exact) mass is 170 g/mol. The highest BCUT2D eigenvalue weighted by atomic mass is 16.6. The third kappa shape index (κ3) is 1.82. The zero-order chi connectivity index (χ0) is 8.97. The van der Waals surface area contributed by atoms with E-state index >= 15 is 0 Å². The van der Waals surface area contributed by atoms with E-state index in [2.05, 4.69) is 10.5 Å². The molecule has 0 saturated heterocycles. The third-order valence-electron chi connectivity index (χ3n) is 1.27. The molecule has 0 aliphatic rings. The summed E-state index contributed by atoms with van der Waals surface area (Å²) >= 11 is 0. The summed E-state index contributed by atoms with van der Waals surface area (Å²) in [5, 5.41) is 0. The average Bonchev–Trinajstić information content (AvgIpc) is 2.47. The highest BCUT2D eigenvalue weighted by molar-refractivity contribution is 5.92. The van der Waals surface area contributed by atoms with Crippen LogP contribution in [-0.4, -0.2) is 17.5 Å². The number of carbonyl (C=O) groups excluding carboxylic acids is 1. The van der Waals surface area contributed by atoms with Crippen molar-refractivity contribution in [1.82, 2.24) is 10.5 Å². The van der Waals surface area contributed by atoms with Crippen LogP contribution in [0.4, 0.5) is 0 Å². The van der Waals surface area contributed by atoms with E-state index in [1.165, 1.54) is 6.39 Å². The van der Waals surface area contributed by atoms with E-state index in [1.807, 2.05) is 0 Å². The van der Waals surface area contributed by atoms with Gasteiger partial charge in [-0.25, -0.2) is 10.5 Å². The zero-order valence-electron chi connectivity index (χ0n) is 6.96. The molecule has 0 bridgehead atoms. The second-order valence-electron chi connectivity index (χ2n) is 2.12. The van der Waals surface area contributed by atoms with E-state index < -0.39 is 0 Å². The topological polar surface area (TPSA) is 64.4 Å². The number of aryl methyl sites for hydroxylation is 1. The highest BCUT2D eigenvalue weighted by Gasteiger charge is 2.12. The molecule has 1 N–H and O–H groups in total. The van der Waals surface area contributed by atoms with Crippen LogP contribution in [-0.2, 0) is 4.84 Å². The molecule has 0 atom stereocenters. The molecule has 66 valence electrons. The maximum atomic E-state index is 11.1. The van der Waals surface area contributed by atoms with Gasteiger partial charge in [0.25, 0.3) is 5.91 Å². The summed E-state index contributed by atoms with van der Waals surface area (Å²) in [5.41, 5.74) is 2.47. The summed E-state index contributed by atoms with van der Waals surface area (Å²) in [6, 6.07) is 0. The second kappa shape index (κ2) is 3.87. The van der Waals surface area contributed by atoms with Gasteiger partial charge < -0.3 is 4.42 Å². The molecule has 0 unspecified atom stereocenters. The van der Waals surface area contributed by atoms with Gasteiger partial charge in [0, 0.05) is 0 Å². The van der Waals surface area contributed by atoms with Crippen molar-refractivity contribution >= 4 is 5.91 Å². The fourth-order valence-electron chi connectivity index (χ4n) is 0.709. The van der Waals surface area contributed by atoms with E-state index in [4.69, 9.17) is 9.25 Å². The average molecular weight is 170 g/mol. The summed E-state index contributed by atoms with van der Waals surface area (Å²) in [4.78, 5) is 19.5. The predicted molar refractivity (Wildman–Crippen MR) is 40.3 cm³/mol. The van der Waals surface area contributed by atoms with E-state index in [9.17, 15) is 4.79 Å². The number of nitrogens with one attached hydrogen (secondary N) is 1. The molecule has 12 heavy (non-hydrogen) atoms. The van der Waals surface area contributed by atoms with Gasteiger partial charge in [0.2, 0.25) is 0 Å². The molecule has 1 aromatic rings. The fourth-order valence-corrected chi connectivity index (χ4v) is 0.709. The number of hydroxylamine groups is 1. The number of amides is 1. The molecule has 0 aliphatic carbocycles. The van der Waals surface area contributed by atoms with Gasteiger partial charge in [-0.15, -0.1) is 0 Å². The number of oxazole rings is 1. The van der Waals surface area contributed by atoms with Gasteiger partial charge in [-0.3, -0.25) is 9.63 Å². The van der Waals surface area contributed by atoms with Gasteiger partial charge in [-0.1, -0.05) is 0 Å². The van der Waals surface area contributed by atoms with Crippen LogP contribution >= 0.6 is 0 Å². The van der Waals surface area contributed by atoms with Crippen LogP contribution in [0.5, 0.6) is 0 Å². The largest absolute Gasteiger partial charge is 0.448 e. The van der Waals surface area contributed by atoms with Crippen LogP contribution in [0.3, 0.4) is 0 Å². The van der Waals surface area contributed by atoms with Crippen LogP contribution in [0.15, 0.2) is 10.8 Å². The number of rotatable bonds is 3. The first-order chi connectivity index (χ1) is 5.75. The molecule has 0 aromatic carbocycles. The first-order valence-corrected chi connectivity index (χ1v) is 3.58. The fraction of sp³-hybridized carbons (Fsp3) is 0.429. The Kier molecular flexibility index (Phi) is 2.82. The molecule has 5 heteroatoms. The molecular weight excluding hydrogens is 160 g/mol. The minimum absolute atomic E-state index is 0.253. The standard InChI is InChI=1S/C7H10N2O3/c1-3-12-9-7(10)6-5(2)11-4-8-6/h4H,3H2,1-2H3,(H,9,10). The maximum Gasteiger partial charge on any atom is 0.297 e. The van der Waals surface area contributed by atoms with Crippen molar-refractivity contribution in [3.05, 3.63) is 17.8 Å². The Morgan fingerprint density at radius 2 is 2.58 bits per heavy atom. The second-order valence-corrected chi connectivity index (χ2v) is 2.12. The Morgan fingerprint density at radius 1 is 1.83 bits per heavy atom. The smallest absolute Gasteiger partial charge is 0.297 e. The van der Waals surface area contributed by atoms with Crippen molar-refractivity contribution in [3.8, 4) is 0 Å². The van der Waals surface area contributed by atoms with Crippen LogP contribution < -0.4 is 5.48 Å². The minimum Gasteiger partial charge on any atom is -0.448 e. The van der Waals surface area contributed by atoms with Gasteiger partial charge in [-0.05, 0) is 13.8 Å². The molecule has 0 fully saturated rings. The number of carbonyl (C=O) groups is 1. The molecule has 0 spiro atoms. The van der Waals surface area contributed by atoms with Crippen molar-refractivity contribution in [2.24, 2.45) is 0 Å². The van der Waals surface area contributed by atoms with E-state index in [1.54, 1.807) is 13.8 Å². The lowest BCUT2D eigenvalue weighted by atomic mass is 10.3. The van der Waals surface area contributed by atoms with Crippen LogP contribution in [0, 0.1) is 6.92 Å². The number of nitrogens with zero attached hydrogens (tertiary/aromatic N) is 1. The Labute approximate surface area is 69.7 Å². The molecule has 0 saturated carbocycles.